The number of hydrogen-bond donors (Lipinski definition) is 1. The molecule has 9 heteroatoms. The summed E-state index contributed by atoms with van der Waals surface area (Å²) in [5.41, 5.74) is 4.24. The van der Waals surface area contributed by atoms with Crippen molar-refractivity contribution in [3.8, 4) is 22.5 Å². The first-order valence-electron chi connectivity index (χ1n) is 10.2. The molecular weight excluding hydrogens is 417 g/mol. The Labute approximate surface area is 184 Å². The highest BCUT2D eigenvalue weighted by atomic mass is 19.4. The molecule has 3 heterocycles. The molecule has 0 bridgehead atoms. The van der Waals surface area contributed by atoms with Crippen molar-refractivity contribution in [1.29, 1.82) is 0 Å². The van der Waals surface area contributed by atoms with E-state index in [9.17, 15) is 13.2 Å². The zero-order valence-corrected chi connectivity index (χ0v) is 18.6. The number of benzene rings is 1. The molecule has 4 rings (SSSR count). The Balaban J connectivity index is 1.82. The fourth-order valence-corrected chi connectivity index (χ4v) is 3.74. The topological polar surface area (TPSA) is 62.1 Å². The van der Waals surface area contributed by atoms with Crippen LogP contribution in [0.3, 0.4) is 0 Å². The van der Waals surface area contributed by atoms with Gasteiger partial charge in [0.1, 0.15) is 6.33 Å². The van der Waals surface area contributed by atoms with Crippen LogP contribution in [0.15, 0.2) is 42.9 Å². The van der Waals surface area contributed by atoms with Gasteiger partial charge in [0.15, 0.2) is 5.65 Å². The summed E-state index contributed by atoms with van der Waals surface area (Å²) in [5, 5.41) is 11.3. The Morgan fingerprint density at radius 1 is 1.06 bits per heavy atom. The van der Waals surface area contributed by atoms with Crippen LogP contribution in [0.5, 0.6) is 0 Å². The summed E-state index contributed by atoms with van der Waals surface area (Å²) in [5.74, 6) is 0. The van der Waals surface area contributed by atoms with Gasteiger partial charge in [-0.25, -0.2) is 9.50 Å². The predicted octanol–water partition coefficient (Wildman–Crippen LogP) is 5.00. The van der Waals surface area contributed by atoms with E-state index in [4.69, 9.17) is 0 Å². The maximum absolute atomic E-state index is 13.5. The van der Waals surface area contributed by atoms with Crippen LogP contribution in [-0.4, -0.2) is 50.0 Å². The molecule has 6 nitrogen and oxygen atoms in total. The second kappa shape index (κ2) is 7.74. The fourth-order valence-electron chi connectivity index (χ4n) is 3.74. The summed E-state index contributed by atoms with van der Waals surface area (Å²) in [4.78, 5) is 6.26. The molecule has 168 valence electrons. The number of nitrogens with zero attached hydrogens (tertiary/aromatic N) is 5. The highest BCUT2D eigenvalue weighted by Crippen LogP contribution is 2.36. The first-order valence-corrected chi connectivity index (χ1v) is 10.2. The smallest absolute Gasteiger partial charge is 0.300 e. The number of aryl methyl sites for hydroxylation is 1. The predicted molar refractivity (Wildman–Crippen MR) is 117 cm³/mol. The van der Waals surface area contributed by atoms with Gasteiger partial charge in [0, 0.05) is 22.9 Å². The summed E-state index contributed by atoms with van der Waals surface area (Å²) < 4.78 is 42.1. The molecule has 0 radical (unpaired) electrons. The van der Waals surface area contributed by atoms with Gasteiger partial charge in [-0.05, 0) is 57.6 Å². The largest absolute Gasteiger partial charge is 0.393 e. The molecule has 0 fully saturated rings. The minimum absolute atomic E-state index is 0.107. The summed E-state index contributed by atoms with van der Waals surface area (Å²) in [7, 11) is 3.98. The first-order chi connectivity index (χ1) is 15.0. The van der Waals surface area contributed by atoms with Crippen LogP contribution in [0, 0.1) is 6.92 Å². The third-order valence-electron chi connectivity index (χ3n) is 6.08. The molecule has 0 atom stereocenters. The number of aromatic amines is 1. The molecule has 0 aliphatic carbocycles. The van der Waals surface area contributed by atoms with E-state index in [2.05, 4.69) is 39.0 Å². The molecule has 1 aromatic carbocycles. The molecule has 0 saturated carbocycles. The zero-order chi connectivity index (χ0) is 23.3. The van der Waals surface area contributed by atoms with Crippen molar-refractivity contribution in [2.75, 3.05) is 14.1 Å². The van der Waals surface area contributed by atoms with Gasteiger partial charge in [0.25, 0.3) is 0 Å². The lowest BCUT2D eigenvalue weighted by molar-refractivity contribution is -0.127. The van der Waals surface area contributed by atoms with Gasteiger partial charge in [-0.3, -0.25) is 5.10 Å². The second-order valence-electron chi connectivity index (χ2n) is 8.69. The average molecular weight is 442 g/mol. The monoisotopic (exact) mass is 442 g/mol. The number of nitrogens with one attached hydrogen (secondary N) is 1. The molecule has 3 aromatic heterocycles. The van der Waals surface area contributed by atoms with E-state index in [0.717, 1.165) is 11.1 Å². The highest BCUT2D eigenvalue weighted by Gasteiger charge is 2.33. The van der Waals surface area contributed by atoms with Gasteiger partial charge in [-0.15, -0.1) is 0 Å². The normalized spacial score (nSPS) is 12.8. The number of H-pyrrole nitrogens is 1. The Bertz CT molecular complexity index is 1250. The maximum Gasteiger partial charge on any atom is 0.393 e. The molecule has 0 spiro atoms. The number of alkyl halides is 3. The van der Waals surface area contributed by atoms with Crippen molar-refractivity contribution in [1.82, 2.24) is 29.7 Å². The number of fused-ring (bicyclic) bond motifs is 1. The summed E-state index contributed by atoms with van der Waals surface area (Å²) in [6.07, 6.45) is -2.41. The molecular formula is C23H25F3N6. The Hall–Kier alpha value is -3.20. The number of rotatable bonds is 5. The van der Waals surface area contributed by atoms with Crippen molar-refractivity contribution in [3.05, 3.63) is 59.5 Å². The highest BCUT2D eigenvalue weighted by molar-refractivity contribution is 5.75. The van der Waals surface area contributed by atoms with Crippen LogP contribution in [0.25, 0.3) is 28.2 Å². The lowest BCUT2D eigenvalue weighted by atomic mass is 9.91. The van der Waals surface area contributed by atoms with Crippen LogP contribution in [0.2, 0.25) is 0 Å². The maximum atomic E-state index is 13.5. The minimum Gasteiger partial charge on any atom is -0.300 e. The van der Waals surface area contributed by atoms with Crippen LogP contribution in [0.4, 0.5) is 13.2 Å². The summed E-state index contributed by atoms with van der Waals surface area (Å²) in [6, 6.07) is 9.34. The average Bonchev–Trinajstić information content (AvgIpc) is 3.34. The van der Waals surface area contributed by atoms with Crippen molar-refractivity contribution in [2.45, 2.75) is 38.9 Å². The Morgan fingerprint density at radius 3 is 2.38 bits per heavy atom. The van der Waals surface area contributed by atoms with E-state index in [1.165, 1.54) is 6.33 Å². The molecule has 1 N–H and O–H groups in total. The van der Waals surface area contributed by atoms with Gasteiger partial charge < -0.3 is 4.90 Å². The molecule has 4 aromatic rings. The van der Waals surface area contributed by atoms with Crippen molar-refractivity contribution in [2.24, 2.45) is 0 Å². The zero-order valence-electron chi connectivity index (χ0n) is 18.6. The van der Waals surface area contributed by atoms with Crippen molar-refractivity contribution >= 4 is 5.65 Å². The van der Waals surface area contributed by atoms with Crippen LogP contribution in [0.1, 0.15) is 30.5 Å². The first kappa shape index (κ1) is 22.0. The third kappa shape index (κ3) is 4.00. The number of hydrogen-bond acceptors (Lipinski definition) is 4. The minimum atomic E-state index is -4.38. The van der Waals surface area contributed by atoms with Gasteiger partial charge >= 0.3 is 6.18 Å². The molecule has 0 aliphatic heterocycles. The van der Waals surface area contributed by atoms with Crippen molar-refractivity contribution < 1.29 is 13.2 Å². The van der Waals surface area contributed by atoms with E-state index < -0.39 is 12.6 Å². The van der Waals surface area contributed by atoms with Gasteiger partial charge in [0.2, 0.25) is 0 Å². The Kier molecular flexibility index (Phi) is 5.32. The van der Waals surface area contributed by atoms with Gasteiger partial charge in [-0.1, -0.05) is 24.3 Å². The van der Waals surface area contributed by atoms with E-state index in [1.807, 2.05) is 45.3 Å². The Morgan fingerprint density at radius 2 is 1.75 bits per heavy atom. The molecule has 0 saturated heterocycles. The second-order valence-corrected chi connectivity index (χ2v) is 8.69. The molecule has 0 unspecified atom stereocenters. The van der Waals surface area contributed by atoms with Crippen LogP contribution < -0.4 is 0 Å². The van der Waals surface area contributed by atoms with Crippen LogP contribution >= 0.6 is 0 Å². The van der Waals surface area contributed by atoms with E-state index in [0.29, 0.717) is 22.5 Å². The quantitative estimate of drug-likeness (QED) is 0.473. The molecule has 32 heavy (non-hydrogen) atoms. The van der Waals surface area contributed by atoms with Gasteiger partial charge in [-0.2, -0.15) is 23.4 Å². The summed E-state index contributed by atoms with van der Waals surface area (Å²) in [6.45, 7) is 6.03. The van der Waals surface area contributed by atoms with E-state index >= 15 is 0 Å². The molecule has 0 amide bonds. The fraction of sp³-hybridized carbons (Fsp3) is 0.348. The van der Waals surface area contributed by atoms with Crippen LogP contribution in [-0.2, 0) is 12.0 Å². The summed E-state index contributed by atoms with van der Waals surface area (Å²) >= 11 is 0. The standard InChI is InChI=1S/C23H25F3N6/c1-14-10-16(12-32-21(14)27-13-28-32)20-18(11-23(24,25)26)19(29-30-20)15-6-8-17(9-7-15)22(2,3)31(4)5/h6-10,12-13H,11H2,1-5H3,(H,29,30). The SMILES string of the molecule is Cc1cc(-c2n[nH]c(-c3ccc(C(C)(C)N(C)C)cc3)c2CC(F)(F)F)cn2ncnc12. The lowest BCUT2D eigenvalue weighted by Gasteiger charge is -2.33. The van der Waals surface area contributed by atoms with E-state index in [1.54, 1.807) is 16.8 Å². The number of pyridine rings is 1. The third-order valence-corrected chi connectivity index (χ3v) is 6.08. The number of halogens is 3. The number of aromatic nitrogens is 5. The lowest BCUT2D eigenvalue weighted by Crippen LogP contribution is -2.35. The van der Waals surface area contributed by atoms with Gasteiger partial charge in [0.05, 0.1) is 17.8 Å². The van der Waals surface area contributed by atoms with E-state index in [-0.39, 0.29) is 16.8 Å². The molecule has 0 aliphatic rings. The van der Waals surface area contributed by atoms with Crippen molar-refractivity contribution in [3.63, 3.8) is 0 Å².